The smallest absolute Gasteiger partial charge is 0.0802 e. The van der Waals surface area contributed by atoms with Crippen LogP contribution in [0, 0.1) is 0 Å². The van der Waals surface area contributed by atoms with Crippen molar-refractivity contribution < 1.29 is 0 Å². The SMILES string of the molecule is CC1=CC([Si](C)(C)CCCI)=CC1. The van der Waals surface area contributed by atoms with E-state index in [-0.39, 0.29) is 0 Å². The summed E-state index contributed by atoms with van der Waals surface area (Å²) in [5.74, 6) is 0. The van der Waals surface area contributed by atoms with Crippen LogP contribution in [0.25, 0.3) is 0 Å². The van der Waals surface area contributed by atoms with Crippen LogP contribution in [-0.2, 0) is 0 Å². The lowest BCUT2D eigenvalue weighted by atomic mass is 10.3. The van der Waals surface area contributed by atoms with Gasteiger partial charge in [-0.25, -0.2) is 0 Å². The van der Waals surface area contributed by atoms with Crippen molar-refractivity contribution in [1.82, 2.24) is 0 Å². The molecule has 0 aromatic carbocycles. The van der Waals surface area contributed by atoms with Crippen LogP contribution in [0.15, 0.2) is 22.9 Å². The maximum Gasteiger partial charge on any atom is 0.0802 e. The zero-order valence-electron chi connectivity index (χ0n) is 8.86. The van der Waals surface area contributed by atoms with Gasteiger partial charge >= 0.3 is 0 Å². The molecule has 0 saturated heterocycles. The minimum absolute atomic E-state index is 1.05. The van der Waals surface area contributed by atoms with Gasteiger partial charge in [-0.1, -0.05) is 64.7 Å². The van der Waals surface area contributed by atoms with Gasteiger partial charge in [-0.3, -0.25) is 0 Å². The Morgan fingerprint density at radius 2 is 2.15 bits per heavy atom. The molecule has 0 atom stereocenters. The largest absolute Gasteiger partial charge is 0.0864 e. The Labute approximate surface area is 96.6 Å². The molecule has 0 radical (unpaired) electrons. The lowest BCUT2D eigenvalue weighted by Gasteiger charge is -2.22. The van der Waals surface area contributed by atoms with E-state index in [0.717, 1.165) is 0 Å². The molecule has 2 heteroatoms. The Morgan fingerprint density at radius 3 is 2.62 bits per heavy atom. The molecule has 13 heavy (non-hydrogen) atoms. The maximum absolute atomic E-state index is 2.50. The highest BCUT2D eigenvalue weighted by molar-refractivity contribution is 14.1. The fourth-order valence-electron chi connectivity index (χ4n) is 1.78. The van der Waals surface area contributed by atoms with Gasteiger partial charge in [0.15, 0.2) is 0 Å². The quantitative estimate of drug-likeness (QED) is 0.412. The van der Waals surface area contributed by atoms with Gasteiger partial charge in [-0.2, -0.15) is 0 Å². The number of allylic oxidation sites excluding steroid dienone is 4. The van der Waals surface area contributed by atoms with Gasteiger partial charge in [0.25, 0.3) is 0 Å². The average molecular weight is 306 g/mol. The maximum atomic E-state index is 2.50. The molecular formula is C11H19ISi. The second-order valence-electron chi connectivity index (χ2n) is 4.53. The van der Waals surface area contributed by atoms with E-state index in [4.69, 9.17) is 0 Å². The molecular weight excluding hydrogens is 287 g/mol. The third-order valence-corrected chi connectivity index (χ3v) is 7.04. The first-order valence-corrected chi connectivity index (χ1v) is 9.73. The monoisotopic (exact) mass is 306 g/mol. The summed E-state index contributed by atoms with van der Waals surface area (Å²) < 4.78 is 1.31. The summed E-state index contributed by atoms with van der Waals surface area (Å²) >= 11 is 2.48. The van der Waals surface area contributed by atoms with Gasteiger partial charge in [0.1, 0.15) is 0 Å². The Bertz CT molecular complexity index is 238. The van der Waals surface area contributed by atoms with Crippen molar-refractivity contribution in [1.29, 1.82) is 0 Å². The summed E-state index contributed by atoms with van der Waals surface area (Å²) in [4.78, 5) is 0. The molecule has 0 heterocycles. The zero-order chi connectivity index (χ0) is 9.90. The Kier molecular flexibility index (Phi) is 4.23. The van der Waals surface area contributed by atoms with Crippen molar-refractivity contribution in [3.63, 3.8) is 0 Å². The molecule has 1 aliphatic rings. The third kappa shape index (κ3) is 3.24. The Balaban J connectivity index is 2.59. The zero-order valence-corrected chi connectivity index (χ0v) is 12.0. The molecule has 1 rings (SSSR count). The predicted octanol–water partition coefficient (Wildman–Crippen LogP) is 4.34. The number of hydrogen-bond donors (Lipinski definition) is 0. The van der Waals surface area contributed by atoms with Crippen LogP contribution in [0.4, 0.5) is 0 Å². The fraction of sp³-hybridized carbons (Fsp3) is 0.636. The summed E-state index contributed by atoms with van der Waals surface area (Å²) in [5, 5.41) is 1.69. The molecule has 0 unspecified atom stereocenters. The van der Waals surface area contributed by atoms with Crippen molar-refractivity contribution in [3.05, 3.63) is 22.9 Å². The van der Waals surface area contributed by atoms with Gasteiger partial charge in [-0.15, -0.1) is 0 Å². The van der Waals surface area contributed by atoms with E-state index in [2.05, 4.69) is 54.8 Å². The molecule has 0 aliphatic heterocycles. The standard InChI is InChI=1S/C11H19ISi/c1-10-5-6-11(9-10)13(2,3)8-4-7-12/h6,9H,4-5,7-8H2,1-3H3. The van der Waals surface area contributed by atoms with E-state index in [1.165, 1.54) is 23.3 Å². The fourth-order valence-corrected chi connectivity index (χ4v) is 5.52. The van der Waals surface area contributed by atoms with Crippen LogP contribution in [0.1, 0.15) is 19.8 Å². The topological polar surface area (TPSA) is 0 Å². The Hall–Kier alpha value is 0.427. The second-order valence-corrected chi connectivity index (χ2v) is 10.5. The minimum atomic E-state index is -1.05. The summed E-state index contributed by atoms with van der Waals surface area (Å²) in [7, 11) is -1.05. The van der Waals surface area contributed by atoms with Crippen LogP contribution in [-0.4, -0.2) is 12.5 Å². The van der Waals surface area contributed by atoms with E-state index >= 15 is 0 Å². The van der Waals surface area contributed by atoms with Crippen molar-refractivity contribution in [2.45, 2.75) is 38.9 Å². The van der Waals surface area contributed by atoms with Gasteiger partial charge in [0, 0.05) is 0 Å². The summed E-state index contributed by atoms with van der Waals surface area (Å²) in [6, 6.07) is 1.45. The number of rotatable bonds is 4. The molecule has 0 saturated carbocycles. The highest BCUT2D eigenvalue weighted by atomic mass is 127. The molecule has 0 aromatic rings. The first-order chi connectivity index (χ1) is 6.06. The van der Waals surface area contributed by atoms with Crippen LogP contribution in [0.3, 0.4) is 0 Å². The van der Waals surface area contributed by atoms with Crippen molar-refractivity contribution in [2.75, 3.05) is 4.43 Å². The normalized spacial score (nSPS) is 17.2. The highest BCUT2D eigenvalue weighted by Crippen LogP contribution is 2.29. The average Bonchev–Trinajstić information content (AvgIpc) is 2.49. The molecule has 0 aromatic heterocycles. The van der Waals surface area contributed by atoms with Crippen molar-refractivity contribution in [3.8, 4) is 0 Å². The minimum Gasteiger partial charge on any atom is -0.0864 e. The molecule has 0 fully saturated rings. The predicted molar refractivity (Wildman–Crippen MR) is 72.3 cm³/mol. The summed E-state index contributed by atoms with van der Waals surface area (Å²) in [6.45, 7) is 7.24. The van der Waals surface area contributed by atoms with Crippen LogP contribution in [0.5, 0.6) is 0 Å². The van der Waals surface area contributed by atoms with E-state index in [1.54, 1.807) is 10.8 Å². The first-order valence-electron chi connectivity index (χ1n) is 5.00. The lowest BCUT2D eigenvalue weighted by molar-refractivity contribution is 1.08. The lowest BCUT2D eigenvalue weighted by Crippen LogP contribution is -2.27. The molecule has 0 amide bonds. The van der Waals surface area contributed by atoms with E-state index in [9.17, 15) is 0 Å². The number of alkyl halides is 1. The third-order valence-electron chi connectivity index (χ3n) is 2.76. The number of halogens is 1. The molecule has 0 nitrogen and oxygen atoms in total. The molecule has 0 spiro atoms. The van der Waals surface area contributed by atoms with Crippen molar-refractivity contribution in [2.24, 2.45) is 0 Å². The van der Waals surface area contributed by atoms with Gasteiger partial charge in [0.05, 0.1) is 8.07 Å². The summed E-state index contributed by atoms with van der Waals surface area (Å²) in [6.07, 6.45) is 7.48. The van der Waals surface area contributed by atoms with Crippen LogP contribution >= 0.6 is 22.6 Å². The van der Waals surface area contributed by atoms with E-state index in [0.29, 0.717) is 0 Å². The van der Waals surface area contributed by atoms with Crippen molar-refractivity contribution >= 4 is 30.7 Å². The molecule has 0 bridgehead atoms. The van der Waals surface area contributed by atoms with Gasteiger partial charge in [-0.05, 0) is 24.2 Å². The van der Waals surface area contributed by atoms with Gasteiger partial charge < -0.3 is 0 Å². The van der Waals surface area contributed by atoms with Gasteiger partial charge in [0.2, 0.25) is 0 Å². The molecule has 74 valence electrons. The van der Waals surface area contributed by atoms with E-state index in [1.807, 2.05) is 0 Å². The number of hydrogen-bond acceptors (Lipinski definition) is 0. The Morgan fingerprint density at radius 1 is 1.46 bits per heavy atom. The molecule has 0 N–H and O–H groups in total. The van der Waals surface area contributed by atoms with E-state index < -0.39 is 8.07 Å². The van der Waals surface area contributed by atoms with Crippen LogP contribution in [0.2, 0.25) is 19.1 Å². The highest BCUT2D eigenvalue weighted by Gasteiger charge is 2.25. The second kappa shape index (κ2) is 4.78. The molecule has 1 aliphatic carbocycles. The first kappa shape index (κ1) is 11.5. The summed E-state index contributed by atoms with van der Waals surface area (Å²) in [5.41, 5.74) is 1.55. The van der Waals surface area contributed by atoms with Crippen LogP contribution < -0.4 is 0 Å².